The normalized spacial score (nSPS) is 18.8. The van der Waals surface area contributed by atoms with Crippen LogP contribution in [0.3, 0.4) is 0 Å². The molecular formula is C19H31NO3. The largest absolute Gasteiger partial charge is 0.497 e. The first-order valence-electron chi connectivity index (χ1n) is 8.56. The first kappa shape index (κ1) is 18.2. The minimum absolute atomic E-state index is 0.0328. The number of aliphatic hydroxyl groups excluding tert-OH is 1. The Morgan fingerprint density at radius 3 is 2.30 bits per heavy atom. The van der Waals surface area contributed by atoms with Crippen LogP contribution in [0.4, 0.5) is 0 Å². The van der Waals surface area contributed by atoms with E-state index in [1.54, 1.807) is 7.11 Å². The van der Waals surface area contributed by atoms with Crippen LogP contribution < -0.4 is 10.1 Å². The Bertz CT molecular complexity index is 472. The Balaban J connectivity index is 1.97. The highest BCUT2D eigenvalue weighted by Crippen LogP contribution is 2.39. The molecule has 4 heteroatoms. The Kier molecular flexibility index (Phi) is 6.06. The number of nitrogens with one attached hydrogen (secondary N) is 1. The molecule has 1 saturated carbocycles. The van der Waals surface area contributed by atoms with Crippen molar-refractivity contribution in [2.75, 3.05) is 20.3 Å². The van der Waals surface area contributed by atoms with Crippen LogP contribution in [-0.4, -0.2) is 37.1 Å². The molecule has 1 aromatic carbocycles. The van der Waals surface area contributed by atoms with Crippen molar-refractivity contribution in [3.63, 3.8) is 0 Å². The predicted molar refractivity (Wildman–Crippen MR) is 92.9 cm³/mol. The first-order chi connectivity index (χ1) is 10.8. The van der Waals surface area contributed by atoms with E-state index in [0.29, 0.717) is 13.2 Å². The number of hydrogen-bond acceptors (Lipinski definition) is 4. The van der Waals surface area contributed by atoms with Crippen LogP contribution in [0.25, 0.3) is 0 Å². The summed E-state index contributed by atoms with van der Waals surface area (Å²) in [6, 6.07) is 8.29. The molecule has 0 heterocycles. The van der Waals surface area contributed by atoms with Crippen molar-refractivity contribution in [3.8, 4) is 5.75 Å². The van der Waals surface area contributed by atoms with E-state index in [2.05, 4.69) is 17.4 Å². The van der Waals surface area contributed by atoms with Crippen LogP contribution in [0, 0.1) is 0 Å². The van der Waals surface area contributed by atoms with Crippen LogP contribution in [0.2, 0.25) is 0 Å². The summed E-state index contributed by atoms with van der Waals surface area (Å²) in [6.07, 6.45) is 4.14. The van der Waals surface area contributed by atoms with Gasteiger partial charge in [0.25, 0.3) is 0 Å². The van der Waals surface area contributed by atoms with Crippen LogP contribution >= 0.6 is 0 Å². The average molecular weight is 321 g/mol. The van der Waals surface area contributed by atoms with Crippen molar-refractivity contribution in [1.82, 2.24) is 5.32 Å². The van der Waals surface area contributed by atoms with Crippen LogP contribution in [0.1, 0.15) is 52.0 Å². The standard InChI is InChI=1S/C19H31NO3/c1-18(2,3)23-14-16(21)13-20-19(11-5-6-12-19)15-7-9-17(22-4)10-8-15/h7-10,16,20-21H,5-6,11-14H2,1-4H3. The second kappa shape index (κ2) is 7.65. The van der Waals surface area contributed by atoms with Gasteiger partial charge in [-0.25, -0.2) is 0 Å². The Morgan fingerprint density at radius 1 is 1.17 bits per heavy atom. The molecule has 1 unspecified atom stereocenters. The van der Waals surface area contributed by atoms with Gasteiger partial charge in [0.15, 0.2) is 0 Å². The van der Waals surface area contributed by atoms with Crippen molar-refractivity contribution in [1.29, 1.82) is 0 Å². The van der Waals surface area contributed by atoms with E-state index in [0.717, 1.165) is 18.6 Å². The number of ether oxygens (including phenoxy) is 2. The van der Waals surface area contributed by atoms with E-state index in [1.807, 2.05) is 32.9 Å². The number of rotatable bonds is 7. The summed E-state index contributed by atoms with van der Waals surface area (Å²) in [5.41, 5.74) is 1.02. The quantitative estimate of drug-likeness (QED) is 0.809. The molecule has 0 aromatic heterocycles. The fourth-order valence-corrected chi connectivity index (χ4v) is 3.17. The summed E-state index contributed by atoms with van der Waals surface area (Å²) >= 11 is 0. The molecule has 4 nitrogen and oxygen atoms in total. The topological polar surface area (TPSA) is 50.7 Å². The molecule has 1 aromatic rings. The molecule has 1 aliphatic rings. The van der Waals surface area contributed by atoms with Gasteiger partial charge in [-0.3, -0.25) is 0 Å². The van der Waals surface area contributed by atoms with Crippen LogP contribution in [0.15, 0.2) is 24.3 Å². The lowest BCUT2D eigenvalue weighted by Crippen LogP contribution is -2.45. The van der Waals surface area contributed by atoms with Gasteiger partial charge >= 0.3 is 0 Å². The minimum Gasteiger partial charge on any atom is -0.497 e. The molecule has 0 amide bonds. The Labute approximate surface area is 140 Å². The maximum Gasteiger partial charge on any atom is 0.118 e. The van der Waals surface area contributed by atoms with Crippen molar-refractivity contribution in [3.05, 3.63) is 29.8 Å². The molecule has 23 heavy (non-hydrogen) atoms. The third-order valence-electron chi connectivity index (χ3n) is 4.48. The summed E-state index contributed by atoms with van der Waals surface area (Å²) in [6.45, 7) is 6.91. The van der Waals surface area contributed by atoms with Gasteiger partial charge in [-0.2, -0.15) is 0 Å². The smallest absolute Gasteiger partial charge is 0.118 e. The summed E-state index contributed by atoms with van der Waals surface area (Å²) < 4.78 is 10.9. The predicted octanol–water partition coefficient (Wildman–Crippen LogP) is 3.23. The highest BCUT2D eigenvalue weighted by molar-refractivity contribution is 5.32. The summed E-state index contributed by atoms with van der Waals surface area (Å²) in [5.74, 6) is 0.875. The SMILES string of the molecule is COc1ccc(C2(NCC(O)COC(C)(C)C)CCCC2)cc1. The second-order valence-corrected chi connectivity index (χ2v) is 7.48. The Hall–Kier alpha value is -1.10. The van der Waals surface area contributed by atoms with Gasteiger partial charge in [0.2, 0.25) is 0 Å². The Morgan fingerprint density at radius 2 is 1.78 bits per heavy atom. The number of hydrogen-bond donors (Lipinski definition) is 2. The molecule has 0 spiro atoms. The van der Waals surface area contributed by atoms with E-state index in [9.17, 15) is 5.11 Å². The molecule has 0 bridgehead atoms. The first-order valence-corrected chi connectivity index (χ1v) is 8.56. The molecule has 1 aliphatic carbocycles. The molecule has 1 atom stereocenters. The molecule has 2 rings (SSSR count). The molecule has 0 saturated heterocycles. The average Bonchev–Trinajstić information content (AvgIpc) is 3.00. The summed E-state index contributed by atoms with van der Waals surface area (Å²) in [4.78, 5) is 0. The number of benzene rings is 1. The van der Waals surface area contributed by atoms with Crippen LogP contribution in [0.5, 0.6) is 5.75 Å². The van der Waals surface area contributed by atoms with Crippen LogP contribution in [-0.2, 0) is 10.3 Å². The second-order valence-electron chi connectivity index (χ2n) is 7.48. The van der Waals surface area contributed by atoms with Crippen molar-refractivity contribution < 1.29 is 14.6 Å². The zero-order chi connectivity index (χ0) is 16.9. The fraction of sp³-hybridized carbons (Fsp3) is 0.684. The van der Waals surface area contributed by atoms with Gasteiger partial charge in [0.1, 0.15) is 5.75 Å². The van der Waals surface area contributed by atoms with E-state index in [4.69, 9.17) is 9.47 Å². The highest BCUT2D eigenvalue weighted by atomic mass is 16.5. The lowest BCUT2D eigenvalue weighted by Gasteiger charge is -2.33. The lowest BCUT2D eigenvalue weighted by molar-refractivity contribution is -0.0494. The van der Waals surface area contributed by atoms with Gasteiger partial charge in [0, 0.05) is 12.1 Å². The van der Waals surface area contributed by atoms with E-state index in [-0.39, 0.29) is 11.1 Å². The minimum atomic E-state index is -0.495. The maximum atomic E-state index is 10.2. The monoisotopic (exact) mass is 321 g/mol. The molecule has 1 fully saturated rings. The number of methoxy groups -OCH3 is 1. The van der Waals surface area contributed by atoms with Crippen molar-refractivity contribution in [2.45, 2.75) is 63.7 Å². The van der Waals surface area contributed by atoms with Crippen molar-refractivity contribution >= 4 is 0 Å². The van der Waals surface area contributed by atoms with Gasteiger partial charge in [-0.1, -0.05) is 25.0 Å². The third kappa shape index (κ3) is 5.20. The fourth-order valence-electron chi connectivity index (χ4n) is 3.17. The zero-order valence-corrected chi connectivity index (χ0v) is 14.9. The third-order valence-corrected chi connectivity index (χ3v) is 4.48. The molecule has 0 radical (unpaired) electrons. The summed E-state index contributed by atoms with van der Waals surface area (Å²) in [5, 5.41) is 13.8. The van der Waals surface area contributed by atoms with Gasteiger partial charge < -0.3 is 19.9 Å². The molecule has 0 aliphatic heterocycles. The number of aliphatic hydroxyl groups is 1. The summed E-state index contributed by atoms with van der Waals surface area (Å²) in [7, 11) is 1.68. The van der Waals surface area contributed by atoms with E-state index < -0.39 is 6.10 Å². The maximum absolute atomic E-state index is 10.2. The van der Waals surface area contributed by atoms with E-state index in [1.165, 1.54) is 18.4 Å². The molecular weight excluding hydrogens is 290 g/mol. The van der Waals surface area contributed by atoms with Crippen molar-refractivity contribution in [2.24, 2.45) is 0 Å². The highest BCUT2D eigenvalue weighted by Gasteiger charge is 2.35. The molecule has 130 valence electrons. The van der Waals surface area contributed by atoms with Gasteiger partial charge in [-0.15, -0.1) is 0 Å². The van der Waals surface area contributed by atoms with Gasteiger partial charge in [0.05, 0.1) is 25.4 Å². The molecule has 2 N–H and O–H groups in total. The lowest BCUT2D eigenvalue weighted by atomic mass is 9.88. The zero-order valence-electron chi connectivity index (χ0n) is 14.9. The van der Waals surface area contributed by atoms with E-state index >= 15 is 0 Å². The van der Waals surface area contributed by atoms with Gasteiger partial charge in [-0.05, 0) is 51.3 Å².